The third kappa shape index (κ3) is 2.05. The van der Waals surface area contributed by atoms with E-state index in [1.54, 1.807) is 7.11 Å². The van der Waals surface area contributed by atoms with Crippen molar-refractivity contribution in [2.75, 3.05) is 26.7 Å². The molecule has 0 spiro atoms. The van der Waals surface area contributed by atoms with Crippen LogP contribution in [0.15, 0.2) is 18.2 Å². The molecule has 3 nitrogen and oxygen atoms in total. The van der Waals surface area contributed by atoms with Crippen LogP contribution in [0, 0.1) is 0 Å². The fourth-order valence-corrected chi connectivity index (χ4v) is 3.88. The molecule has 1 atom stereocenters. The van der Waals surface area contributed by atoms with E-state index in [9.17, 15) is 0 Å². The highest BCUT2D eigenvalue weighted by Gasteiger charge is 2.41. The molecule has 0 amide bonds. The smallest absolute Gasteiger partial charge is 0.119 e. The average molecular weight is 260 g/mol. The van der Waals surface area contributed by atoms with Crippen LogP contribution in [0.3, 0.4) is 0 Å². The lowest BCUT2D eigenvalue weighted by molar-refractivity contribution is 0.102. The molecule has 1 heterocycles. The number of hydrogen-bond donors (Lipinski definition) is 1. The van der Waals surface area contributed by atoms with Gasteiger partial charge in [-0.05, 0) is 68.5 Å². The second kappa shape index (κ2) is 5.14. The molecular formula is C16H24N2O. The van der Waals surface area contributed by atoms with E-state index in [-0.39, 0.29) is 5.54 Å². The maximum Gasteiger partial charge on any atom is 0.119 e. The zero-order valence-electron chi connectivity index (χ0n) is 11.8. The molecule has 19 heavy (non-hydrogen) atoms. The summed E-state index contributed by atoms with van der Waals surface area (Å²) in [6.07, 6.45) is 6.21. The standard InChI is InChI=1S/C16H24N2O/c1-19-14-6-7-15-13(11-14)5-4-8-16(15,12-17)18-9-2-3-10-18/h6-7,11H,2-5,8-10,12,17H2,1H3. The average Bonchev–Trinajstić information content (AvgIpc) is 3.00. The fourth-order valence-electron chi connectivity index (χ4n) is 3.88. The predicted molar refractivity (Wildman–Crippen MR) is 77.5 cm³/mol. The molecule has 0 radical (unpaired) electrons. The molecule has 1 saturated heterocycles. The minimum atomic E-state index is 0.0797. The largest absolute Gasteiger partial charge is 0.497 e. The highest BCUT2D eigenvalue weighted by molar-refractivity contribution is 5.42. The molecule has 1 aliphatic heterocycles. The number of ether oxygens (including phenoxy) is 1. The van der Waals surface area contributed by atoms with Gasteiger partial charge < -0.3 is 10.5 Å². The van der Waals surface area contributed by atoms with Crippen LogP contribution in [0.1, 0.15) is 36.8 Å². The van der Waals surface area contributed by atoms with Gasteiger partial charge in [0.15, 0.2) is 0 Å². The third-order valence-corrected chi connectivity index (χ3v) is 4.90. The minimum Gasteiger partial charge on any atom is -0.497 e. The number of aryl methyl sites for hydroxylation is 1. The van der Waals surface area contributed by atoms with Gasteiger partial charge in [0, 0.05) is 6.54 Å². The lowest BCUT2D eigenvalue weighted by Gasteiger charge is -2.45. The van der Waals surface area contributed by atoms with Gasteiger partial charge in [0.2, 0.25) is 0 Å². The van der Waals surface area contributed by atoms with E-state index in [0.29, 0.717) is 0 Å². The zero-order valence-corrected chi connectivity index (χ0v) is 11.8. The van der Waals surface area contributed by atoms with Crippen LogP contribution >= 0.6 is 0 Å². The summed E-state index contributed by atoms with van der Waals surface area (Å²) in [4.78, 5) is 2.62. The Morgan fingerprint density at radius 2 is 2.05 bits per heavy atom. The van der Waals surface area contributed by atoms with Crippen LogP contribution in [0.4, 0.5) is 0 Å². The van der Waals surface area contributed by atoms with Crippen LogP contribution < -0.4 is 10.5 Å². The molecule has 2 aliphatic rings. The highest BCUT2D eigenvalue weighted by Crippen LogP contribution is 2.42. The summed E-state index contributed by atoms with van der Waals surface area (Å²) in [5.74, 6) is 0.966. The Kier molecular flexibility index (Phi) is 3.50. The maximum absolute atomic E-state index is 6.23. The summed E-state index contributed by atoms with van der Waals surface area (Å²) >= 11 is 0. The van der Waals surface area contributed by atoms with Crippen molar-refractivity contribution >= 4 is 0 Å². The van der Waals surface area contributed by atoms with Crippen LogP contribution in [0.5, 0.6) is 5.75 Å². The number of hydrogen-bond acceptors (Lipinski definition) is 3. The first-order valence-corrected chi connectivity index (χ1v) is 7.43. The summed E-state index contributed by atoms with van der Waals surface area (Å²) in [6.45, 7) is 3.12. The molecule has 1 aromatic rings. The Hall–Kier alpha value is -1.06. The molecule has 2 N–H and O–H groups in total. The molecule has 1 fully saturated rings. The monoisotopic (exact) mass is 260 g/mol. The Balaban J connectivity index is 2.04. The van der Waals surface area contributed by atoms with E-state index in [4.69, 9.17) is 10.5 Å². The Morgan fingerprint density at radius 3 is 2.74 bits per heavy atom. The molecule has 1 unspecified atom stereocenters. The SMILES string of the molecule is COc1ccc2c(c1)CCCC2(CN)N1CCCC1. The van der Waals surface area contributed by atoms with Crippen molar-refractivity contribution in [2.24, 2.45) is 5.73 Å². The summed E-state index contributed by atoms with van der Waals surface area (Å²) in [6, 6.07) is 6.54. The lowest BCUT2D eigenvalue weighted by Crippen LogP contribution is -2.51. The molecule has 0 bridgehead atoms. The third-order valence-electron chi connectivity index (χ3n) is 4.90. The van der Waals surface area contributed by atoms with Crippen LogP contribution in [-0.2, 0) is 12.0 Å². The van der Waals surface area contributed by atoms with E-state index >= 15 is 0 Å². The van der Waals surface area contributed by atoms with E-state index in [1.807, 2.05) is 0 Å². The summed E-state index contributed by atoms with van der Waals surface area (Å²) in [7, 11) is 1.74. The number of nitrogens with zero attached hydrogens (tertiary/aromatic N) is 1. The van der Waals surface area contributed by atoms with Crippen LogP contribution in [0.25, 0.3) is 0 Å². The van der Waals surface area contributed by atoms with Gasteiger partial charge in [-0.1, -0.05) is 6.07 Å². The molecule has 104 valence electrons. The van der Waals surface area contributed by atoms with Crippen molar-refractivity contribution in [3.63, 3.8) is 0 Å². The van der Waals surface area contributed by atoms with Gasteiger partial charge in [0.05, 0.1) is 12.6 Å². The first-order chi connectivity index (χ1) is 9.30. The first-order valence-electron chi connectivity index (χ1n) is 7.43. The van der Waals surface area contributed by atoms with Gasteiger partial charge in [-0.2, -0.15) is 0 Å². The number of rotatable bonds is 3. The van der Waals surface area contributed by atoms with E-state index in [0.717, 1.165) is 18.7 Å². The van der Waals surface area contributed by atoms with Crippen molar-refractivity contribution in [3.05, 3.63) is 29.3 Å². The zero-order chi connectivity index (χ0) is 13.3. The summed E-state index contributed by atoms with van der Waals surface area (Å²) in [5, 5.41) is 0. The molecule has 3 heteroatoms. The highest BCUT2D eigenvalue weighted by atomic mass is 16.5. The number of likely N-dealkylation sites (tertiary alicyclic amines) is 1. The van der Waals surface area contributed by atoms with Crippen molar-refractivity contribution < 1.29 is 4.74 Å². The second-order valence-corrected chi connectivity index (χ2v) is 5.81. The molecular weight excluding hydrogens is 236 g/mol. The van der Waals surface area contributed by atoms with Crippen molar-refractivity contribution in [1.29, 1.82) is 0 Å². The van der Waals surface area contributed by atoms with E-state index in [1.165, 1.54) is 49.9 Å². The van der Waals surface area contributed by atoms with Gasteiger partial charge in [-0.15, -0.1) is 0 Å². The van der Waals surface area contributed by atoms with Crippen molar-refractivity contribution in [1.82, 2.24) is 4.90 Å². The van der Waals surface area contributed by atoms with Crippen molar-refractivity contribution in [3.8, 4) is 5.75 Å². The van der Waals surface area contributed by atoms with Gasteiger partial charge in [0.1, 0.15) is 5.75 Å². The van der Waals surface area contributed by atoms with Gasteiger partial charge in [-0.25, -0.2) is 0 Å². The van der Waals surface area contributed by atoms with E-state index < -0.39 is 0 Å². The maximum atomic E-state index is 6.23. The summed E-state index contributed by atoms with van der Waals surface area (Å²) < 4.78 is 5.36. The summed E-state index contributed by atoms with van der Waals surface area (Å²) in [5.41, 5.74) is 9.19. The van der Waals surface area contributed by atoms with Crippen LogP contribution in [0.2, 0.25) is 0 Å². The molecule has 1 aromatic carbocycles. The Morgan fingerprint density at radius 1 is 1.26 bits per heavy atom. The number of methoxy groups -OCH3 is 1. The predicted octanol–water partition coefficient (Wildman–Crippen LogP) is 2.28. The minimum absolute atomic E-state index is 0.0797. The number of benzene rings is 1. The topological polar surface area (TPSA) is 38.5 Å². The molecule has 1 aliphatic carbocycles. The number of nitrogens with two attached hydrogens (primary N) is 1. The van der Waals surface area contributed by atoms with Gasteiger partial charge >= 0.3 is 0 Å². The van der Waals surface area contributed by atoms with Crippen LogP contribution in [-0.4, -0.2) is 31.6 Å². The second-order valence-electron chi connectivity index (χ2n) is 5.81. The molecule has 0 saturated carbocycles. The Labute approximate surface area is 115 Å². The first kappa shape index (κ1) is 12.9. The van der Waals surface area contributed by atoms with Gasteiger partial charge in [-0.3, -0.25) is 4.90 Å². The van der Waals surface area contributed by atoms with Crippen molar-refractivity contribution in [2.45, 2.75) is 37.6 Å². The molecule has 0 aromatic heterocycles. The number of fused-ring (bicyclic) bond motifs is 1. The lowest BCUT2D eigenvalue weighted by atomic mass is 9.75. The van der Waals surface area contributed by atoms with E-state index in [2.05, 4.69) is 23.1 Å². The Bertz CT molecular complexity index is 454. The molecule has 3 rings (SSSR count). The quantitative estimate of drug-likeness (QED) is 0.906. The normalized spacial score (nSPS) is 27.3. The fraction of sp³-hybridized carbons (Fsp3) is 0.625. The van der Waals surface area contributed by atoms with Gasteiger partial charge in [0.25, 0.3) is 0 Å².